The minimum absolute atomic E-state index is 0.394. The Balaban J connectivity index is 0.00000301. The lowest BCUT2D eigenvalue weighted by molar-refractivity contribution is 0.380. The fourth-order valence-corrected chi connectivity index (χ4v) is 3.47. The molecule has 0 aliphatic carbocycles. The van der Waals surface area contributed by atoms with Gasteiger partial charge in [-0.3, -0.25) is 0 Å². The number of hydrogen-bond donors (Lipinski definition) is 1. The van der Waals surface area contributed by atoms with Crippen LogP contribution in [0.3, 0.4) is 0 Å². The molecule has 2 unspecified atom stereocenters. The third kappa shape index (κ3) is 15.5. The number of aryl methyl sites for hydroxylation is 1. The molecule has 0 aliphatic heterocycles. The maximum Gasteiger partial charge on any atom is 0.115 e. The Kier molecular flexibility index (Phi) is 19.2. The van der Waals surface area contributed by atoms with Crippen LogP contribution in [-0.2, 0) is 6.42 Å². The van der Waals surface area contributed by atoms with E-state index in [2.05, 4.69) is 64.1 Å². The highest BCUT2D eigenvalue weighted by Crippen LogP contribution is 2.21. The van der Waals surface area contributed by atoms with Crippen molar-refractivity contribution in [2.24, 2.45) is 11.8 Å². The van der Waals surface area contributed by atoms with Gasteiger partial charge in [-0.15, -0.1) is 0 Å². The summed E-state index contributed by atoms with van der Waals surface area (Å²) in [6.45, 7) is 7.16. The number of phenolic OH excluding ortho intramolecular Hbond substituents is 1. The summed E-state index contributed by atoms with van der Waals surface area (Å²) in [7, 11) is 0. The van der Waals surface area contributed by atoms with E-state index in [4.69, 9.17) is 0 Å². The van der Waals surface area contributed by atoms with E-state index in [1.54, 1.807) is 6.07 Å². The number of benzene rings is 1. The molecule has 152 valence electrons. The van der Waals surface area contributed by atoms with Crippen molar-refractivity contribution in [1.82, 2.24) is 0 Å². The van der Waals surface area contributed by atoms with Gasteiger partial charge in [0, 0.05) is 37.2 Å². The summed E-state index contributed by atoms with van der Waals surface area (Å²) < 4.78 is 0. The average Bonchev–Trinajstić information content (AvgIpc) is 2.65. The highest BCUT2D eigenvalue weighted by molar-refractivity contribution is 15.0. The summed E-state index contributed by atoms with van der Waals surface area (Å²) >= 11 is 4.24. The molecule has 1 aromatic carbocycles. The number of phenols is 1. The maximum absolute atomic E-state index is 9.46. The Hall–Kier alpha value is 0.480. The van der Waals surface area contributed by atoms with E-state index in [0.717, 1.165) is 18.3 Å². The Morgan fingerprint density at radius 3 is 2.00 bits per heavy atom. The molecule has 3 heteroatoms. The van der Waals surface area contributed by atoms with Crippen molar-refractivity contribution in [3.63, 3.8) is 0 Å². The molecule has 0 saturated carbocycles. The Morgan fingerprint density at radius 1 is 0.808 bits per heavy atom. The number of rotatable bonds is 14. The van der Waals surface area contributed by atoms with Crippen molar-refractivity contribution in [1.29, 1.82) is 0 Å². The van der Waals surface area contributed by atoms with Crippen LogP contribution in [0.15, 0.2) is 24.3 Å². The van der Waals surface area contributed by atoms with Gasteiger partial charge in [0.1, 0.15) is 5.75 Å². The lowest BCUT2D eigenvalue weighted by atomic mass is 9.91. The quantitative estimate of drug-likeness (QED) is 0.170. The van der Waals surface area contributed by atoms with Crippen LogP contribution < -0.4 is 0 Å². The van der Waals surface area contributed by atoms with Crippen molar-refractivity contribution in [3.05, 3.63) is 29.8 Å². The van der Waals surface area contributed by atoms with Crippen LogP contribution in [0.5, 0.6) is 5.75 Å². The summed E-state index contributed by atoms with van der Waals surface area (Å²) in [5.41, 5.74) is 1.26. The van der Waals surface area contributed by atoms with E-state index in [1.807, 2.05) is 12.1 Å². The molecule has 1 aromatic rings. The van der Waals surface area contributed by atoms with Crippen molar-refractivity contribution >= 4 is 37.2 Å². The van der Waals surface area contributed by atoms with Gasteiger partial charge in [-0.05, 0) is 42.4 Å². The SMILES string of the molecule is CCCCC(C)CCC(C)CCCCCCCc1cccc(O)c1.II. The van der Waals surface area contributed by atoms with Crippen LogP contribution in [0.25, 0.3) is 0 Å². The number of aromatic hydroxyl groups is 1. The summed E-state index contributed by atoms with van der Waals surface area (Å²) in [6, 6.07) is 7.69. The van der Waals surface area contributed by atoms with E-state index in [1.165, 1.54) is 76.2 Å². The molecule has 0 spiro atoms. The van der Waals surface area contributed by atoms with Gasteiger partial charge in [0.05, 0.1) is 0 Å². The number of halogens is 2. The molecule has 0 fully saturated rings. The molecule has 0 heterocycles. The monoisotopic (exact) mass is 586 g/mol. The number of unbranched alkanes of at least 4 members (excludes halogenated alkanes) is 5. The van der Waals surface area contributed by atoms with Gasteiger partial charge < -0.3 is 5.11 Å². The second-order valence-electron chi connectivity index (χ2n) is 7.91. The van der Waals surface area contributed by atoms with Crippen molar-refractivity contribution < 1.29 is 5.11 Å². The minimum atomic E-state index is 0.394. The first-order valence-electron chi connectivity index (χ1n) is 10.5. The highest BCUT2D eigenvalue weighted by atomic mass is 128. The van der Waals surface area contributed by atoms with Crippen LogP contribution in [0.1, 0.15) is 97.0 Å². The highest BCUT2D eigenvalue weighted by Gasteiger charge is 2.06. The smallest absolute Gasteiger partial charge is 0.115 e. The first-order valence-corrected chi connectivity index (χ1v) is 16.8. The predicted octanol–water partition coefficient (Wildman–Crippen LogP) is 9.29. The third-order valence-corrected chi connectivity index (χ3v) is 5.28. The summed E-state index contributed by atoms with van der Waals surface area (Å²) in [6.07, 6.45) is 16.2. The van der Waals surface area contributed by atoms with Gasteiger partial charge in [0.2, 0.25) is 0 Å². The standard InChI is InChI=1S/C23H40O.I2/c1-4-5-12-20(2)17-18-21(3)13-9-7-6-8-10-14-22-15-11-16-23(24)19-22;1-2/h11,15-16,19-21,24H,4-10,12-14,17-18H2,1-3H3;. The van der Waals surface area contributed by atoms with Crippen LogP contribution in [0, 0.1) is 11.8 Å². The third-order valence-electron chi connectivity index (χ3n) is 5.28. The molecule has 0 aliphatic rings. The first kappa shape index (κ1) is 26.5. The van der Waals surface area contributed by atoms with Crippen molar-refractivity contribution in [2.45, 2.75) is 97.8 Å². The van der Waals surface area contributed by atoms with Gasteiger partial charge in [-0.25, -0.2) is 0 Å². The molecular formula is C23H40I2O. The molecule has 1 nitrogen and oxygen atoms in total. The minimum Gasteiger partial charge on any atom is -0.508 e. The van der Waals surface area contributed by atoms with E-state index in [-0.39, 0.29) is 0 Å². The van der Waals surface area contributed by atoms with Crippen LogP contribution in [0.4, 0.5) is 0 Å². The van der Waals surface area contributed by atoms with E-state index in [0.29, 0.717) is 5.75 Å². The zero-order chi connectivity index (χ0) is 19.6. The van der Waals surface area contributed by atoms with Gasteiger partial charge in [-0.2, -0.15) is 0 Å². The molecule has 26 heavy (non-hydrogen) atoms. The Morgan fingerprint density at radius 2 is 1.38 bits per heavy atom. The second kappa shape index (κ2) is 18.8. The lowest BCUT2D eigenvalue weighted by Gasteiger charge is -2.15. The Bertz CT molecular complexity index is 422. The normalized spacial score (nSPS) is 13.0. The molecule has 0 aromatic heterocycles. The largest absolute Gasteiger partial charge is 0.508 e. The molecule has 1 rings (SSSR count). The maximum atomic E-state index is 9.46. The fourth-order valence-electron chi connectivity index (χ4n) is 3.47. The van der Waals surface area contributed by atoms with E-state index >= 15 is 0 Å². The van der Waals surface area contributed by atoms with Gasteiger partial charge >= 0.3 is 0 Å². The van der Waals surface area contributed by atoms with E-state index < -0.39 is 0 Å². The topological polar surface area (TPSA) is 20.2 Å². The second-order valence-corrected chi connectivity index (χ2v) is 7.91. The van der Waals surface area contributed by atoms with E-state index in [9.17, 15) is 5.11 Å². The van der Waals surface area contributed by atoms with Crippen LogP contribution in [0.2, 0.25) is 0 Å². The molecule has 0 amide bonds. The van der Waals surface area contributed by atoms with Gasteiger partial charge in [0.15, 0.2) is 0 Å². The zero-order valence-electron chi connectivity index (χ0n) is 17.2. The number of hydrogen-bond acceptors (Lipinski definition) is 1. The molecule has 2 atom stereocenters. The molecule has 1 N–H and O–H groups in total. The van der Waals surface area contributed by atoms with Gasteiger partial charge in [0.25, 0.3) is 0 Å². The Labute approximate surface area is 186 Å². The molecule has 0 bridgehead atoms. The van der Waals surface area contributed by atoms with Crippen molar-refractivity contribution in [2.75, 3.05) is 0 Å². The summed E-state index contributed by atoms with van der Waals surface area (Å²) in [5, 5.41) is 9.46. The summed E-state index contributed by atoms with van der Waals surface area (Å²) in [5.74, 6) is 2.22. The molecular weight excluding hydrogens is 546 g/mol. The summed E-state index contributed by atoms with van der Waals surface area (Å²) in [4.78, 5) is 0. The van der Waals surface area contributed by atoms with Crippen molar-refractivity contribution in [3.8, 4) is 5.75 Å². The first-order chi connectivity index (χ1) is 12.6. The molecule has 0 radical (unpaired) electrons. The predicted molar refractivity (Wildman–Crippen MR) is 135 cm³/mol. The fraction of sp³-hybridized carbons (Fsp3) is 0.739. The molecule has 0 saturated heterocycles. The van der Waals surface area contributed by atoms with Crippen LogP contribution >= 0.6 is 37.2 Å². The zero-order valence-corrected chi connectivity index (χ0v) is 21.5. The van der Waals surface area contributed by atoms with Gasteiger partial charge in [-0.1, -0.05) is 97.1 Å². The average molecular weight is 586 g/mol. The lowest BCUT2D eigenvalue weighted by Crippen LogP contribution is -2.01. The van der Waals surface area contributed by atoms with Crippen LogP contribution in [-0.4, -0.2) is 5.11 Å².